The van der Waals surface area contributed by atoms with Crippen LogP contribution < -0.4 is 5.73 Å². The maximum absolute atomic E-state index is 6.02. The van der Waals surface area contributed by atoms with Gasteiger partial charge in [-0.25, -0.2) is 0 Å². The highest BCUT2D eigenvalue weighted by Gasteiger charge is 2.38. The predicted octanol–water partition coefficient (Wildman–Crippen LogP) is 0.605. The van der Waals surface area contributed by atoms with Gasteiger partial charge in [0, 0.05) is 44.6 Å². The summed E-state index contributed by atoms with van der Waals surface area (Å²) in [5.41, 5.74) is 6.18. The molecular weight excluding hydrogens is 204 g/mol. The molecule has 2 N–H and O–H groups in total. The van der Waals surface area contributed by atoms with E-state index in [2.05, 4.69) is 11.9 Å². The largest absolute Gasteiger partial charge is 0.381 e. The number of rotatable bonds is 3. The first-order valence-corrected chi connectivity index (χ1v) is 6.37. The van der Waals surface area contributed by atoms with E-state index in [0.717, 1.165) is 58.7 Å². The fourth-order valence-corrected chi connectivity index (χ4v) is 2.91. The Hall–Kier alpha value is -0.160. The lowest BCUT2D eigenvalue weighted by Gasteiger charge is -2.48. The average molecular weight is 228 g/mol. The number of likely N-dealkylation sites (N-methyl/N-ethyl adjacent to an activating group) is 1. The first-order chi connectivity index (χ1) is 7.78. The molecule has 2 aliphatic rings. The summed E-state index contributed by atoms with van der Waals surface area (Å²) in [5.74, 6) is 0. The van der Waals surface area contributed by atoms with E-state index in [4.69, 9.17) is 15.2 Å². The van der Waals surface area contributed by atoms with E-state index in [0.29, 0.717) is 6.04 Å². The van der Waals surface area contributed by atoms with Crippen LogP contribution in [0.5, 0.6) is 0 Å². The van der Waals surface area contributed by atoms with Crippen LogP contribution in [-0.4, -0.2) is 56.5 Å². The molecule has 0 atom stereocenters. The van der Waals surface area contributed by atoms with Crippen LogP contribution in [-0.2, 0) is 9.47 Å². The maximum atomic E-state index is 6.02. The number of ether oxygens (including phenoxy) is 2. The van der Waals surface area contributed by atoms with Gasteiger partial charge in [-0.3, -0.25) is 4.90 Å². The topological polar surface area (TPSA) is 47.7 Å². The molecular formula is C12H24N2O2. The zero-order chi connectivity index (χ0) is 11.4. The van der Waals surface area contributed by atoms with Gasteiger partial charge in [0.15, 0.2) is 0 Å². The molecule has 2 fully saturated rings. The Morgan fingerprint density at radius 2 is 1.69 bits per heavy atom. The molecule has 0 bridgehead atoms. The quantitative estimate of drug-likeness (QED) is 0.768. The molecule has 94 valence electrons. The molecule has 0 unspecified atom stereocenters. The average Bonchev–Trinajstić information content (AvgIpc) is 2.39. The number of hydrogen-bond donors (Lipinski definition) is 1. The molecule has 0 aromatic heterocycles. The number of nitrogens with two attached hydrogens (primary N) is 1. The van der Waals surface area contributed by atoms with Crippen molar-refractivity contribution in [1.29, 1.82) is 0 Å². The second-order valence-corrected chi connectivity index (χ2v) is 5.00. The molecule has 2 saturated heterocycles. The van der Waals surface area contributed by atoms with Crippen molar-refractivity contribution >= 4 is 0 Å². The van der Waals surface area contributed by atoms with E-state index in [1.165, 1.54) is 0 Å². The van der Waals surface area contributed by atoms with E-state index in [1.54, 1.807) is 0 Å². The lowest BCUT2D eigenvalue weighted by atomic mass is 9.86. The Morgan fingerprint density at radius 1 is 1.12 bits per heavy atom. The highest BCUT2D eigenvalue weighted by molar-refractivity contribution is 4.95. The van der Waals surface area contributed by atoms with Crippen molar-refractivity contribution in [3.05, 3.63) is 0 Å². The molecule has 0 aliphatic carbocycles. The van der Waals surface area contributed by atoms with Gasteiger partial charge in [-0.15, -0.1) is 0 Å². The highest BCUT2D eigenvalue weighted by Crippen LogP contribution is 2.30. The van der Waals surface area contributed by atoms with Crippen molar-refractivity contribution in [3.8, 4) is 0 Å². The van der Waals surface area contributed by atoms with E-state index in [1.807, 2.05) is 0 Å². The third kappa shape index (κ3) is 2.40. The van der Waals surface area contributed by atoms with Crippen LogP contribution in [0.2, 0.25) is 0 Å². The second-order valence-electron chi connectivity index (χ2n) is 5.00. The summed E-state index contributed by atoms with van der Waals surface area (Å²) in [6.07, 6.45) is 4.41. The summed E-state index contributed by atoms with van der Waals surface area (Å²) in [7, 11) is 2.23. The first kappa shape index (κ1) is 12.3. The van der Waals surface area contributed by atoms with E-state index in [-0.39, 0.29) is 5.54 Å². The molecule has 0 aromatic carbocycles. The molecule has 0 aromatic rings. The summed E-state index contributed by atoms with van der Waals surface area (Å²) in [6, 6.07) is 0.635. The molecule has 2 rings (SSSR count). The van der Waals surface area contributed by atoms with Crippen molar-refractivity contribution in [3.63, 3.8) is 0 Å². The molecule has 0 spiro atoms. The molecule has 2 heterocycles. The summed E-state index contributed by atoms with van der Waals surface area (Å²) in [6.45, 7) is 4.23. The van der Waals surface area contributed by atoms with Gasteiger partial charge in [0.1, 0.15) is 0 Å². The van der Waals surface area contributed by atoms with Crippen molar-refractivity contribution in [2.75, 3.05) is 40.0 Å². The van der Waals surface area contributed by atoms with Crippen molar-refractivity contribution in [2.45, 2.75) is 37.3 Å². The minimum absolute atomic E-state index is 0.167. The summed E-state index contributed by atoms with van der Waals surface area (Å²) in [4.78, 5) is 2.51. The summed E-state index contributed by atoms with van der Waals surface area (Å²) in [5, 5.41) is 0. The van der Waals surface area contributed by atoms with Crippen LogP contribution in [0.1, 0.15) is 25.7 Å². The summed E-state index contributed by atoms with van der Waals surface area (Å²) < 4.78 is 10.9. The Bertz CT molecular complexity index is 211. The Labute approximate surface area is 98.1 Å². The fourth-order valence-electron chi connectivity index (χ4n) is 2.91. The molecule has 0 radical (unpaired) electrons. The molecule has 16 heavy (non-hydrogen) atoms. The monoisotopic (exact) mass is 228 g/mol. The second kappa shape index (κ2) is 5.45. The minimum atomic E-state index is 0.167. The zero-order valence-corrected chi connectivity index (χ0v) is 10.3. The van der Waals surface area contributed by atoms with Crippen LogP contribution in [0, 0.1) is 0 Å². The van der Waals surface area contributed by atoms with E-state index in [9.17, 15) is 0 Å². The van der Waals surface area contributed by atoms with Crippen LogP contribution >= 0.6 is 0 Å². The summed E-state index contributed by atoms with van der Waals surface area (Å²) >= 11 is 0. The van der Waals surface area contributed by atoms with Gasteiger partial charge in [0.05, 0.1) is 0 Å². The zero-order valence-electron chi connectivity index (χ0n) is 10.3. The van der Waals surface area contributed by atoms with Crippen LogP contribution in [0.3, 0.4) is 0 Å². The molecule has 4 heteroatoms. The number of nitrogens with zero attached hydrogens (tertiary/aromatic N) is 1. The smallest absolute Gasteiger partial charge is 0.0484 e. The van der Waals surface area contributed by atoms with Gasteiger partial charge in [0.25, 0.3) is 0 Å². The van der Waals surface area contributed by atoms with E-state index >= 15 is 0 Å². The standard InChI is InChI=1S/C12H24N2O2/c1-14(11-2-6-15-7-3-11)12(10-13)4-8-16-9-5-12/h11H,2-10,13H2,1H3. The third-order valence-corrected chi connectivity index (χ3v) is 4.29. The Morgan fingerprint density at radius 3 is 2.25 bits per heavy atom. The third-order valence-electron chi connectivity index (χ3n) is 4.29. The first-order valence-electron chi connectivity index (χ1n) is 6.37. The van der Waals surface area contributed by atoms with Gasteiger partial charge in [0.2, 0.25) is 0 Å². The normalized spacial score (nSPS) is 27.2. The predicted molar refractivity (Wildman–Crippen MR) is 63.4 cm³/mol. The van der Waals surface area contributed by atoms with Crippen LogP contribution in [0.15, 0.2) is 0 Å². The van der Waals surface area contributed by atoms with Crippen molar-refractivity contribution in [2.24, 2.45) is 5.73 Å². The molecule has 2 aliphatic heterocycles. The van der Waals surface area contributed by atoms with Gasteiger partial charge in [-0.1, -0.05) is 0 Å². The van der Waals surface area contributed by atoms with Crippen LogP contribution in [0.4, 0.5) is 0 Å². The Kier molecular flexibility index (Phi) is 4.19. The van der Waals surface area contributed by atoms with Gasteiger partial charge >= 0.3 is 0 Å². The molecule has 0 saturated carbocycles. The Balaban J connectivity index is 2.00. The van der Waals surface area contributed by atoms with Gasteiger partial charge in [-0.2, -0.15) is 0 Å². The fraction of sp³-hybridized carbons (Fsp3) is 1.00. The highest BCUT2D eigenvalue weighted by atomic mass is 16.5. The van der Waals surface area contributed by atoms with Crippen molar-refractivity contribution < 1.29 is 9.47 Å². The SMILES string of the molecule is CN(C1CCOCC1)C1(CN)CCOCC1. The van der Waals surface area contributed by atoms with Gasteiger partial charge < -0.3 is 15.2 Å². The maximum Gasteiger partial charge on any atom is 0.0484 e. The van der Waals surface area contributed by atoms with Gasteiger partial charge in [-0.05, 0) is 32.7 Å². The van der Waals surface area contributed by atoms with Crippen LogP contribution in [0.25, 0.3) is 0 Å². The molecule has 0 amide bonds. The van der Waals surface area contributed by atoms with Crippen molar-refractivity contribution in [1.82, 2.24) is 4.90 Å². The lowest BCUT2D eigenvalue weighted by molar-refractivity contribution is -0.0539. The van der Waals surface area contributed by atoms with E-state index < -0.39 is 0 Å². The lowest BCUT2D eigenvalue weighted by Crippen LogP contribution is -2.59. The molecule has 4 nitrogen and oxygen atoms in total. The number of hydrogen-bond acceptors (Lipinski definition) is 4. The minimum Gasteiger partial charge on any atom is -0.381 e.